The largest absolute Gasteiger partial charge is 0.355 e. The molecule has 1 fully saturated rings. The van der Waals surface area contributed by atoms with Crippen LogP contribution >= 0.6 is 36.2 Å². The molecule has 0 aromatic carbocycles. The van der Waals surface area contributed by atoms with Crippen LogP contribution in [0.25, 0.3) is 0 Å². The van der Waals surface area contributed by atoms with Crippen LogP contribution in [0.5, 0.6) is 0 Å². The van der Waals surface area contributed by atoms with Crippen LogP contribution in [0.4, 0.5) is 0 Å². The third-order valence-corrected chi connectivity index (χ3v) is 4.56. The number of hydrogen-bond acceptors (Lipinski definition) is 4. The van der Waals surface area contributed by atoms with Crippen molar-refractivity contribution in [1.82, 2.24) is 15.6 Å². The Balaban J connectivity index is 0.00000180. The Kier molecular flexibility index (Phi) is 9.38. The van der Waals surface area contributed by atoms with Crippen molar-refractivity contribution in [3.8, 4) is 0 Å². The molecule has 7 heteroatoms. The number of carbonyl (C=O) groups is 1. The lowest BCUT2D eigenvalue weighted by atomic mass is 9.88. The van der Waals surface area contributed by atoms with Gasteiger partial charge in [0.2, 0.25) is 5.91 Å². The molecule has 0 spiro atoms. The van der Waals surface area contributed by atoms with E-state index >= 15 is 0 Å². The number of rotatable bonds is 6. The number of nitrogens with zero attached hydrogens (tertiary/aromatic N) is 1. The van der Waals surface area contributed by atoms with Crippen molar-refractivity contribution >= 4 is 42.1 Å². The SMILES string of the molecule is CCc1nc(CCNC(=O)C(C)C2CNC2)cs1.Cl.Cl. The van der Waals surface area contributed by atoms with Crippen LogP contribution in [0.1, 0.15) is 24.5 Å². The third-order valence-electron chi connectivity index (χ3n) is 3.52. The first-order valence-electron chi connectivity index (χ1n) is 6.62. The van der Waals surface area contributed by atoms with Crippen LogP contribution in [0.3, 0.4) is 0 Å². The van der Waals surface area contributed by atoms with Gasteiger partial charge in [-0.05, 0) is 25.4 Å². The average Bonchev–Trinajstić information content (AvgIpc) is 2.74. The molecule has 1 unspecified atom stereocenters. The van der Waals surface area contributed by atoms with Gasteiger partial charge < -0.3 is 10.6 Å². The van der Waals surface area contributed by atoms with E-state index in [1.54, 1.807) is 11.3 Å². The zero-order valence-corrected chi connectivity index (χ0v) is 14.3. The molecular weight excluding hydrogens is 317 g/mol. The van der Waals surface area contributed by atoms with Crippen molar-refractivity contribution in [2.24, 2.45) is 11.8 Å². The van der Waals surface area contributed by atoms with Crippen LogP contribution in [-0.2, 0) is 17.6 Å². The number of aryl methyl sites for hydroxylation is 1. The molecular formula is C13H23Cl2N3OS. The summed E-state index contributed by atoms with van der Waals surface area (Å²) >= 11 is 1.70. The van der Waals surface area contributed by atoms with Gasteiger partial charge in [-0.2, -0.15) is 0 Å². The first-order chi connectivity index (χ1) is 8.70. The van der Waals surface area contributed by atoms with Crippen molar-refractivity contribution in [3.05, 3.63) is 16.1 Å². The fourth-order valence-electron chi connectivity index (χ4n) is 1.98. The maximum Gasteiger partial charge on any atom is 0.223 e. The molecule has 20 heavy (non-hydrogen) atoms. The fourth-order valence-corrected chi connectivity index (χ4v) is 2.76. The molecule has 1 amide bonds. The van der Waals surface area contributed by atoms with Crippen LogP contribution in [0.15, 0.2) is 5.38 Å². The highest BCUT2D eigenvalue weighted by atomic mass is 35.5. The second-order valence-electron chi connectivity index (χ2n) is 4.83. The minimum absolute atomic E-state index is 0. The van der Waals surface area contributed by atoms with E-state index in [0.29, 0.717) is 12.5 Å². The van der Waals surface area contributed by atoms with Gasteiger partial charge in [-0.25, -0.2) is 4.98 Å². The number of aromatic nitrogens is 1. The summed E-state index contributed by atoms with van der Waals surface area (Å²) in [4.78, 5) is 16.4. The first kappa shape index (κ1) is 19.6. The van der Waals surface area contributed by atoms with E-state index in [2.05, 4.69) is 27.9 Å². The van der Waals surface area contributed by atoms with Gasteiger partial charge in [0.1, 0.15) is 0 Å². The summed E-state index contributed by atoms with van der Waals surface area (Å²) in [7, 11) is 0. The normalized spacial score (nSPS) is 15.5. The van der Waals surface area contributed by atoms with Gasteiger partial charge in [0.15, 0.2) is 0 Å². The lowest BCUT2D eigenvalue weighted by Crippen LogP contribution is -2.49. The molecule has 1 aliphatic heterocycles. The standard InChI is InChI=1S/C13H21N3OS.2ClH/c1-3-12-16-11(8-18-12)4-5-15-13(17)9(2)10-6-14-7-10;;/h8-10,14H,3-7H2,1-2H3,(H,15,17);2*1H. The molecule has 2 heterocycles. The Labute approximate surface area is 137 Å². The highest BCUT2D eigenvalue weighted by Crippen LogP contribution is 2.15. The monoisotopic (exact) mass is 339 g/mol. The van der Waals surface area contributed by atoms with E-state index in [9.17, 15) is 4.79 Å². The van der Waals surface area contributed by atoms with Gasteiger partial charge in [0, 0.05) is 24.3 Å². The van der Waals surface area contributed by atoms with Gasteiger partial charge in [-0.15, -0.1) is 36.2 Å². The highest BCUT2D eigenvalue weighted by molar-refractivity contribution is 7.09. The minimum Gasteiger partial charge on any atom is -0.355 e. The van der Waals surface area contributed by atoms with Crippen LogP contribution < -0.4 is 10.6 Å². The molecule has 1 atom stereocenters. The van der Waals surface area contributed by atoms with Gasteiger partial charge in [0.05, 0.1) is 10.7 Å². The van der Waals surface area contributed by atoms with Crippen molar-refractivity contribution in [2.45, 2.75) is 26.7 Å². The smallest absolute Gasteiger partial charge is 0.223 e. The Hall–Kier alpha value is -0.360. The van der Waals surface area contributed by atoms with Gasteiger partial charge in [-0.1, -0.05) is 13.8 Å². The lowest BCUT2D eigenvalue weighted by Gasteiger charge is -2.31. The quantitative estimate of drug-likeness (QED) is 0.834. The zero-order chi connectivity index (χ0) is 13.0. The van der Waals surface area contributed by atoms with Crippen LogP contribution in [-0.4, -0.2) is 30.5 Å². The van der Waals surface area contributed by atoms with Crippen molar-refractivity contribution in [1.29, 1.82) is 0 Å². The molecule has 0 aliphatic carbocycles. The third kappa shape index (κ3) is 5.20. The molecule has 1 aromatic rings. The number of halogens is 2. The number of amides is 1. The average molecular weight is 340 g/mol. The number of nitrogens with one attached hydrogen (secondary N) is 2. The predicted octanol–water partition coefficient (Wildman–Crippen LogP) is 2.06. The van der Waals surface area contributed by atoms with E-state index in [4.69, 9.17) is 0 Å². The fraction of sp³-hybridized carbons (Fsp3) is 0.692. The number of hydrogen-bond donors (Lipinski definition) is 2. The molecule has 116 valence electrons. The molecule has 4 nitrogen and oxygen atoms in total. The maximum absolute atomic E-state index is 11.9. The topological polar surface area (TPSA) is 54.0 Å². The van der Waals surface area contributed by atoms with E-state index in [1.807, 2.05) is 6.92 Å². The Morgan fingerprint density at radius 2 is 2.25 bits per heavy atom. The molecule has 1 aliphatic rings. The van der Waals surface area contributed by atoms with Gasteiger partial charge in [0.25, 0.3) is 0 Å². The van der Waals surface area contributed by atoms with Crippen molar-refractivity contribution in [3.63, 3.8) is 0 Å². The summed E-state index contributed by atoms with van der Waals surface area (Å²) in [5.74, 6) is 0.802. The van der Waals surface area contributed by atoms with E-state index < -0.39 is 0 Å². The summed E-state index contributed by atoms with van der Waals surface area (Å²) in [6.07, 6.45) is 1.82. The number of carbonyl (C=O) groups excluding carboxylic acids is 1. The summed E-state index contributed by atoms with van der Waals surface area (Å²) in [6, 6.07) is 0. The van der Waals surface area contributed by atoms with Crippen LogP contribution in [0, 0.1) is 11.8 Å². The van der Waals surface area contributed by atoms with E-state index in [-0.39, 0.29) is 36.6 Å². The van der Waals surface area contributed by atoms with E-state index in [0.717, 1.165) is 31.6 Å². The highest BCUT2D eigenvalue weighted by Gasteiger charge is 2.28. The maximum atomic E-state index is 11.9. The molecule has 0 radical (unpaired) electrons. The summed E-state index contributed by atoms with van der Waals surface area (Å²) in [6.45, 7) is 6.76. The predicted molar refractivity (Wildman–Crippen MR) is 88.2 cm³/mol. The van der Waals surface area contributed by atoms with Gasteiger partial charge in [-0.3, -0.25) is 4.79 Å². The zero-order valence-electron chi connectivity index (χ0n) is 11.8. The summed E-state index contributed by atoms with van der Waals surface area (Å²) in [5, 5.41) is 9.46. The molecule has 1 aromatic heterocycles. The molecule has 0 bridgehead atoms. The summed E-state index contributed by atoms with van der Waals surface area (Å²) in [5.41, 5.74) is 1.09. The second kappa shape index (κ2) is 9.55. The van der Waals surface area contributed by atoms with Gasteiger partial charge >= 0.3 is 0 Å². The minimum atomic E-state index is 0. The number of thiazole rings is 1. The second-order valence-corrected chi connectivity index (χ2v) is 5.78. The van der Waals surface area contributed by atoms with Crippen molar-refractivity contribution in [2.75, 3.05) is 19.6 Å². The van der Waals surface area contributed by atoms with Crippen molar-refractivity contribution < 1.29 is 4.79 Å². The molecule has 2 N–H and O–H groups in total. The molecule has 0 saturated carbocycles. The summed E-state index contributed by atoms with van der Waals surface area (Å²) < 4.78 is 0. The lowest BCUT2D eigenvalue weighted by molar-refractivity contribution is -0.126. The Bertz CT molecular complexity index is 410. The molecule has 1 saturated heterocycles. The molecule has 2 rings (SSSR count). The Morgan fingerprint density at radius 3 is 2.75 bits per heavy atom. The Morgan fingerprint density at radius 1 is 1.55 bits per heavy atom. The van der Waals surface area contributed by atoms with Crippen LogP contribution in [0.2, 0.25) is 0 Å². The first-order valence-corrected chi connectivity index (χ1v) is 7.50. The van der Waals surface area contributed by atoms with E-state index in [1.165, 1.54) is 5.01 Å².